The molecule has 0 spiro atoms. The van der Waals surface area contributed by atoms with Gasteiger partial charge in [0, 0.05) is 5.56 Å². The summed E-state index contributed by atoms with van der Waals surface area (Å²) in [5.74, 6) is 0.0464. The lowest BCUT2D eigenvalue weighted by Gasteiger charge is -2.10. The van der Waals surface area contributed by atoms with Crippen LogP contribution in [-0.4, -0.2) is 23.1 Å². The van der Waals surface area contributed by atoms with Gasteiger partial charge >= 0.3 is 6.18 Å². The molecule has 1 heterocycles. The summed E-state index contributed by atoms with van der Waals surface area (Å²) in [4.78, 5) is 17.4. The third-order valence-electron chi connectivity index (χ3n) is 3.96. The number of carbonyl (C=O) groups excluding carboxylic acids is 1. The predicted molar refractivity (Wildman–Crippen MR) is 112 cm³/mol. The summed E-state index contributed by atoms with van der Waals surface area (Å²) in [7, 11) is 1.30. The van der Waals surface area contributed by atoms with Gasteiger partial charge in [-0.15, -0.1) is 0 Å². The number of hydrogen-bond donors (Lipinski definition) is 1. The van der Waals surface area contributed by atoms with Gasteiger partial charge in [-0.2, -0.15) is 17.5 Å². The van der Waals surface area contributed by atoms with Crippen molar-refractivity contribution in [2.45, 2.75) is 13.1 Å². The van der Waals surface area contributed by atoms with E-state index in [1.807, 2.05) is 0 Å². The number of nitrogens with one attached hydrogen (secondary N) is 1. The van der Waals surface area contributed by atoms with Crippen LogP contribution in [0, 0.1) is 6.92 Å². The number of rotatable bonds is 6. The van der Waals surface area contributed by atoms with E-state index in [0.29, 0.717) is 27.0 Å². The third-order valence-corrected chi connectivity index (χ3v) is 5.39. The Balaban J connectivity index is 1.74. The Bertz CT molecular complexity index is 1100. The van der Waals surface area contributed by atoms with Gasteiger partial charge in [-0.3, -0.25) is 4.79 Å². The van der Waals surface area contributed by atoms with Crippen LogP contribution in [0.2, 0.25) is 5.02 Å². The zero-order valence-electron chi connectivity index (χ0n) is 16.2. The molecule has 0 saturated carbocycles. The third kappa shape index (κ3) is 5.53. The number of hydrogen-bond acceptors (Lipinski definition) is 6. The van der Waals surface area contributed by atoms with E-state index in [1.165, 1.54) is 19.2 Å². The molecule has 1 amide bonds. The van der Waals surface area contributed by atoms with Gasteiger partial charge < -0.3 is 14.9 Å². The molecule has 162 valence electrons. The number of anilines is 1. The average molecular weight is 470 g/mol. The number of alkyl halides is 3. The van der Waals surface area contributed by atoms with E-state index in [1.54, 1.807) is 31.2 Å². The molecule has 1 N–H and O–H groups in total. The predicted octanol–water partition coefficient (Wildman–Crippen LogP) is 5.91. The standard InChI is InChI=1S/C20H15ClF3N3O3S/c1-11-16(21)19(31-27-11)25-18(28)17(26-29-2)12-3-7-14(8-4-12)30-15-9-5-13(6-10-15)20(22,23)24/h3-10H,1-2H3,(H,25,28)/b26-17+. The van der Waals surface area contributed by atoms with Crippen LogP contribution < -0.4 is 10.1 Å². The number of amides is 1. The van der Waals surface area contributed by atoms with Crippen LogP contribution in [0.25, 0.3) is 0 Å². The van der Waals surface area contributed by atoms with Crippen molar-refractivity contribution in [1.29, 1.82) is 0 Å². The highest BCUT2D eigenvalue weighted by Gasteiger charge is 2.30. The smallest absolute Gasteiger partial charge is 0.416 e. The number of carbonyl (C=O) groups is 1. The van der Waals surface area contributed by atoms with E-state index in [9.17, 15) is 18.0 Å². The Morgan fingerprint density at radius 3 is 2.16 bits per heavy atom. The summed E-state index contributed by atoms with van der Waals surface area (Å²) in [6.45, 7) is 1.72. The molecule has 0 unspecified atom stereocenters. The van der Waals surface area contributed by atoms with Crippen LogP contribution in [0.1, 0.15) is 16.8 Å². The molecule has 0 atom stereocenters. The molecule has 3 rings (SSSR count). The molecular formula is C20H15ClF3N3O3S. The maximum atomic E-state index is 12.7. The lowest BCUT2D eigenvalue weighted by atomic mass is 10.1. The number of nitrogens with zero attached hydrogens (tertiary/aromatic N) is 2. The van der Waals surface area contributed by atoms with Gasteiger partial charge in [0.25, 0.3) is 5.91 Å². The van der Waals surface area contributed by atoms with E-state index in [-0.39, 0.29) is 11.5 Å². The Kier molecular flexibility index (Phi) is 6.81. The van der Waals surface area contributed by atoms with Gasteiger partial charge in [0.05, 0.1) is 16.3 Å². The lowest BCUT2D eigenvalue weighted by molar-refractivity contribution is -0.137. The molecule has 1 aromatic heterocycles. The number of aromatic nitrogens is 1. The highest BCUT2D eigenvalue weighted by molar-refractivity contribution is 7.11. The number of oxime groups is 1. The number of halogens is 4. The van der Waals surface area contributed by atoms with Crippen molar-refractivity contribution in [3.8, 4) is 11.5 Å². The topological polar surface area (TPSA) is 72.8 Å². The molecule has 11 heteroatoms. The number of ether oxygens (including phenoxy) is 1. The summed E-state index contributed by atoms with van der Waals surface area (Å²) >= 11 is 7.14. The minimum absolute atomic E-state index is 0.00861. The van der Waals surface area contributed by atoms with Crippen molar-refractivity contribution in [3.63, 3.8) is 0 Å². The molecule has 31 heavy (non-hydrogen) atoms. The molecule has 0 aliphatic carbocycles. The van der Waals surface area contributed by atoms with E-state index in [2.05, 4.69) is 14.8 Å². The van der Waals surface area contributed by atoms with Crippen LogP contribution in [0.5, 0.6) is 11.5 Å². The van der Waals surface area contributed by atoms with Crippen molar-refractivity contribution in [3.05, 3.63) is 70.4 Å². The van der Waals surface area contributed by atoms with E-state index in [4.69, 9.17) is 21.2 Å². The first-order valence-corrected chi connectivity index (χ1v) is 9.84. The van der Waals surface area contributed by atoms with Gasteiger partial charge in [-0.05, 0) is 67.0 Å². The molecule has 0 bridgehead atoms. The minimum atomic E-state index is -4.42. The molecule has 6 nitrogen and oxygen atoms in total. The van der Waals surface area contributed by atoms with Gasteiger partial charge in [0.2, 0.25) is 0 Å². The fourth-order valence-corrected chi connectivity index (χ4v) is 3.37. The SMILES string of the molecule is CO/N=C(/C(=O)Nc1snc(C)c1Cl)c1ccc(Oc2ccc(C(F)(F)F)cc2)cc1. The monoisotopic (exact) mass is 469 g/mol. The van der Waals surface area contributed by atoms with Crippen LogP contribution in [0.15, 0.2) is 53.7 Å². The quantitative estimate of drug-likeness (QED) is 0.360. The van der Waals surface area contributed by atoms with Crippen LogP contribution >= 0.6 is 23.1 Å². The second-order valence-electron chi connectivity index (χ2n) is 6.14. The van der Waals surface area contributed by atoms with Crippen molar-refractivity contribution >= 4 is 39.8 Å². The Morgan fingerprint density at radius 1 is 1.10 bits per heavy atom. The molecule has 0 aliphatic heterocycles. The van der Waals surface area contributed by atoms with E-state index in [0.717, 1.165) is 23.7 Å². The van der Waals surface area contributed by atoms with Crippen molar-refractivity contribution < 1.29 is 27.5 Å². The Morgan fingerprint density at radius 2 is 1.68 bits per heavy atom. The number of aryl methyl sites for hydroxylation is 1. The molecule has 0 radical (unpaired) electrons. The fraction of sp³-hybridized carbons (Fsp3) is 0.150. The molecular weight excluding hydrogens is 455 g/mol. The van der Waals surface area contributed by atoms with Crippen LogP contribution in [0.4, 0.5) is 18.2 Å². The van der Waals surface area contributed by atoms with Crippen molar-refractivity contribution in [2.75, 3.05) is 12.4 Å². The summed E-state index contributed by atoms with van der Waals surface area (Å²) in [5.41, 5.74) is 0.247. The highest BCUT2D eigenvalue weighted by atomic mass is 35.5. The molecule has 0 saturated heterocycles. The second kappa shape index (κ2) is 9.36. The second-order valence-corrected chi connectivity index (χ2v) is 7.29. The number of benzene rings is 2. The Hall–Kier alpha value is -3.11. The molecule has 0 aliphatic rings. The van der Waals surface area contributed by atoms with Gasteiger partial charge in [0.1, 0.15) is 23.6 Å². The maximum Gasteiger partial charge on any atom is 0.416 e. The van der Waals surface area contributed by atoms with Gasteiger partial charge in [-0.25, -0.2) is 0 Å². The van der Waals surface area contributed by atoms with Gasteiger partial charge in [0.15, 0.2) is 5.71 Å². The highest BCUT2D eigenvalue weighted by Crippen LogP contribution is 2.32. The maximum absolute atomic E-state index is 12.7. The summed E-state index contributed by atoms with van der Waals surface area (Å²) in [6.07, 6.45) is -4.42. The molecule has 0 fully saturated rings. The lowest BCUT2D eigenvalue weighted by Crippen LogP contribution is -2.23. The van der Waals surface area contributed by atoms with E-state index < -0.39 is 17.6 Å². The van der Waals surface area contributed by atoms with Crippen LogP contribution in [-0.2, 0) is 15.8 Å². The minimum Gasteiger partial charge on any atom is -0.457 e. The molecule has 2 aromatic carbocycles. The average Bonchev–Trinajstić information content (AvgIpc) is 3.04. The molecule has 3 aromatic rings. The van der Waals surface area contributed by atoms with Gasteiger partial charge in [-0.1, -0.05) is 16.8 Å². The van der Waals surface area contributed by atoms with Crippen LogP contribution in [0.3, 0.4) is 0 Å². The van der Waals surface area contributed by atoms with Crippen molar-refractivity contribution in [1.82, 2.24) is 4.37 Å². The summed E-state index contributed by atoms with van der Waals surface area (Å²) in [5, 5.41) is 7.14. The normalized spacial score (nSPS) is 11.9. The zero-order chi connectivity index (χ0) is 22.6. The first-order valence-electron chi connectivity index (χ1n) is 8.69. The largest absolute Gasteiger partial charge is 0.457 e. The van der Waals surface area contributed by atoms with Crippen molar-refractivity contribution in [2.24, 2.45) is 5.16 Å². The zero-order valence-corrected chi connectivity index (χ0v) is 17.7. The first-order chi connectivity index (χ1) is 14.7. The summed E-state index contributed by atoms with van der Waals surface area (Å²) < 4.78 is 47.6. The summed E-state index contributed by atoms with van der Waals surface area (Å²) in [6, 6.07) is 10.6. The first kappa shape index (κ1) is 22.6. The van der Waals surface area contributed by atoms with E-state index >= 15 is 0 Å². The Labute approximate surface area is 184 Å². The fourth-order valence-electron chi connectivity index (χ4n) is 2.44.